The van der Waals surface area contributed by atoms with Gasteiger partial charge in [0.25, 0.3) is 0 Å². The summed E-state index contributed by atoms with van der Waals surface area (Å²) < 4.78 is 0. The van der Waals surface area contributed by atoms with Gasteiger partial charge in [-0.05, 0) is 19.3 Å². The van der Waals surface area contributed by atoms with E-state index in [9.17, 15) is 9.59 Å². The molecule has 1 atom stereocenters. The third kappa shape index (κ3) is 4.00. The number of carboxylic acid groups (broad SMARTS) is 1. The van der Waals surface area contributed by atoms with E-state index in [1.54, 1.807) is 0 Å². The average Bonchev–Trinajstić information content (AvgIpc) is 2.66. The minimum atomic E-state index is -0.888. The van der Waals surface area contributed by atoms with Gasteiger partial charge in [0, 0.05) is 6.04 Å². The van der Waals surface area contributed by atoms with Crippen molar-refractivity contribution in [3.8, 4) is 0 Å². The molecule has 1 fully saturated rings. The molecule has 0 spiro atoms. The summed E-state index contributed by atoms with van der Waals surface area (Å²) in [5, 5.41) is 11.6. The van der Waals surface area contributed by atoms with Crippen LogP contribution in [-0.4, -0.2) is 28.6 Å². The number of carbonyl (C=O) groups is 2. The molecule has 5 heteroatoms. The third-order valence-electron chi connectivity index (χ3n) is 3.34. The summed E-state index contributed by atoms with van der Waals surface area (Å²) in [7, 11) is 0. The van der Waals surface area contributed by atoms with Crippen LogP contribution in [0.3, 0.4) is 0 Å². The Morgan fingerprint density at radius 2 is 2.00 bits per heavy atom. The first-order valence-electron chi connectivity index (χ1n) is 6.29. The number of carbonyl (C=O) groups excluding carboxylic acids is 1. The van der Waals surface area contributed by atoms with E-state index in [1.807, 2.05) is 6.92 Å². The van der Waals surface area contributed by atoms with Crippen molar-refractivity contribution < 1.29 is 14.7 Å². The molecule has 0 bridgehead atoms. The number of aliphatic carboxylic acids is 1. The lowest BCUT2D eigenvalue weighted by molar-refractivity contribution is -0.138. The van der Waals surface area contributed by atoms with Gasteiger partial charge in [0.15, 0.2) is 0 Å². The number of amides is 1. The zero-order valence-electron chi connectivity index (χ0n) is 10.4. The van der Waals surface area contributed by atoms with Crippen LogP contribution in [0.4, 0.5) is 0 Å². The predicted molar refractivity (Wildman–Crippen MR) is 64.5 cm³/mol. The molecule has 1 unspecified atom stereocenters. The number of hydrogen-bond acceptors (Lipinski definition) is 3. The lowest BCUT2D eigenvalue weighted by Gasteiger charge is -2.26. The first kappa shape index (κ1) is 14.0. The standard InChI is InChI=1S/C12H22N2O3/c1-2-5-9(8-10(15)16)14-11(17)12(13)6-3-4-7-12/h9H,2-8,13H2,1H3,(H,14,17)(H,15,16). The van der Waals surface area contributed by atoms with E-state index < -0.39 is 11.5 Å². The van der Waals surface area contributed by atoms with Crippen LogP contribution in [0.5, 0.6) is 0 Å². The Bertz CT molecular complexity index is 285. The van der Waals surface area contributed by atoms with Gasteiger partial charge < -0.3 is 16.2 Å². The Kier molecular flexibility index (Phi) is 4.93. The smallest absolute Gasteiger partial charge is 0.305 e. The summed E-state index contributed by atoms with van der Waals surface area (Å²) in [6.45, 7) is 1.97. The Hall–Kier alpha value is -1.10. The number of carboxylic acids is 1. The van der Waals surface area contributed by atoms with Crippen molar-refractivity contribution in [2.45, 2.75) is 63.5 Å². The normalized spacial score (nSPS) is 19.9. The molecule has 5 nitrogen and oxygen atoms in total. The topological polar surface area (TPSA) is 92.4 Å². The largest absolute Gasteiger partial charge is 0.481 e. The van der Waals surface area contributed by atoms with E-state index in [0.717, 1.165) is 19.3 Å². The summed E-state index contributed by atoms with van der Waals surface area (Å²) >= 11 is 0. The Morgan fingerprint density at radius 1 is 1.41 bits per heavy atom. The van der Waals surface area contributed by atoms with Crippen LogP contribution in [0.15, 0.2) is 0 Å². The first-order valence-corrected chi connectivity index (χ1v) is 6.29. The fourth-order valence-electron chi connectivity index (χ4n) is 2.35. The van der Waals surface area contributed by atoms with Gasteiger partial charge in [0.2, 0.25) is 5.91 Å². The van der Waals surface area contributed by atoms with Gasteiger partial charge in [-0.25, -0.2) is 0 Å². The minimum absolute atomic E-state index is 0.0321. The SMILES string of the molecule is CCCC(CC(=O)O)NC(=O)C1(N)CCCC1. The predicted octanol–water partition coefficient (Wildman–Crippen LogP) is 1.02. The molecule has 0 aromatic rings. The summed E-state index contributed by atoms with van der Waals surface area (Å²) in [4.78, 5) is 22.7. The Labute approximate surface area is 102 Å². The molecule has 1 aliphatic carbocycles. The summed E-state index contributed by atoms with van der Waals surface area (Å²) in [6.07, 6.45) is 4.83. The maximum absolute atomic E-state index is 12.0. The van der Waals surface area contributed by atoms with Gasteiger partial charge in [-0.3, -0.25) is 9.59 Å². The van der Waals surface area contributed by atoms with Crippen molar-refractivity contribution in [1.82, 2.24) is 5.32 Å². The van der Waals surface area contributed by atoms with E-state index in [-0.39, 0.29) is 18.4 Å². The van der Waals surface area contributed by atoms with Crippen LogP contribution in [0.2, 0.25) is 0 Å². The van der Waals surface area contributed by atoms with Crippen molar-refractivity contribution in [3.05, 3.63) is 0 Å². The van der Waals surface area contributed by atoms with Gasteiger partial charge in [-0.2, -0.15) is 0 Å². The van der Waals surface area contributed by atoms with Gasteiger partial charge in [-0.1, -0.05) is 26.2 Å². The first-order chi connectivity index (χ1) is 7.98. The maximum atomic E-state index is 12.0. The highest BCUT2D eigenvalue weighted by Crippen LogP contribution is 2.27. The maximum Gasteiger partial charge on any atom is 0.305 e. The van der Waals surface area contributed by atoms with Gasteiger partial charge >= 0.3 is 5.97 Å². The molecule has 4 N–H and O–H groups in total. The molecule has 0 aromatic carbocycles. The van der Waals surface area contributed by atoms with Crippen LogP contribution in [-0.2, 0) is 9.59 Å². The molecule has 98 valence electrons. The minimum Gasteiger partial charge on any atom is -0.481 e. The van der Waals surface area contributed by atoms with Crippen molar-refractivity contribution in [2.75, 3.05) is 0 Å². The number of nitrogens with one attached hydrogen (secondary N) is 1. The second kappa shape index (κ2) is 6.00. The molecule has 0 radical (unpaired) electrons. The highest BCUT2D eigenvalue weighted by Gasteiger charge is 2.37. The molecule has 1 rings (SSSR count). The molecule has 17 heavy (non-hydrogen) atoms. The van der Waals surface area contributed by atoms with E-state index in [4.69, 9.17) is 10.8 Å². The monoisotopic (exact) mass is 242 g/mol. The zero-order valence-corrected chi connectivity index (χ0v) is 10.4. The number of hydrogen-bond donors (Lipinski definition) is 3. The fourth-order valence-corrected chi connectivity index (χ4v) is 2.35. The van der Waals surface area contributed by atoms with E-state index in [1.165, 1.54) is 0 Å². The van der Waals surface area contributed by atoms with Gasteiger partial charge in [-0.15, -0.1) is 0 Å². The van der Waals surface area contributed by atoms with Crippen LogP contribution >= 0.6 is 0 Å². The van der Waals surface area contributed by atoms with Crippen LogP contribution in [0, 0.1) is 0 Å². The fraction of sp³-hybridized carbons (Fsp3) is 0.833. The highest BCUT2D eigenvalue weighted by molar-refractivity contribution is 5.87. The number of rotatable bonds is 6. The molecule has 0 aliphatic heterocycles. The summed E-state index contributed by atoms with van der Waals surface area (Å²) in [5.74, 6) is -1.07. The highest BCUT2D eigenvalue weighted by atomic mass is 16.4. The van der Waals surface area contributed by atoms with E-state index >= 15 is 0 Å². The lowest BCUT2D eigenvalue weighted by Crippen LogP contribution is -2.54. The van der Waals surface area contributed by atoms with Crippen LogP contribution < -0.4 is 11.1 Å². The van der Waals surface area contributed by atoms with Crippen LogP contribution in [0.25, 0.3) is 0 Å². The average molecular weight is 242 g/mol. The quantitative estimate of drug-likeness (QED) is 0.648. The molecule has 1 amide bonds. The van der Waals surface area contributed by atoms with Gasteiger partial charge in [0.05, 0.1) is 12.0 Å². The summed E-state index contributed by atoms with van der Waals surface area (Å²) in [6, 6.07) is -0.300. The third-order valence-corrected chi connectivity index (χ3v) is 3.34. The Balaban J connectivity index is 2.53. The number of nitrogens with two attached hydrogens (primary N) is 1. The van der Waals surface area contributed by atoms with Crippen molar-refractivity contribution in [2.24, 2.45) is 5.73 Å². The zero-order chi connectivity index (χ0) is 12.9. The Morgan fingerprint density at radius 3 is 2.47 bits per heavy atom. The molecular formula is C12H22N2O3. The summed E-state index contributed by atoms with van der Waals surface area (Å²) in [5.41, 5.74) is 5.25. The molecule has 1 aliphatic rings. The van der Waals surface area contributed by atoms with E-state index in [0.29, 0.717) is 19.3 Å². The molecular weight excluding hydrogens is 220 g/mol. The van der Waals surface area contributed by atoms with Crippen molar-refractivity contribution in [3.63, 3.8) is 0 Å². The molecule has 0 aromatic heterocycles. The second-order valence-electron chi connectivity index (χ2n) is 4.92. The second-order valence-corrected chi connectivity index (χ2v) is 4.92. The van der Waals surface area contributed by atoms with Crippen molar-refractivity contribution >= 4 is 11.9 Å². The van der Waals surface area contributed by atoms with E-state index in [2.05, 4.69) is 5.32 Å². The lowest BCUT2D eigenvalue weighted by atomic mass is 9.96. The molecule has 0 saturated heterocycles. The van der Waals surface area contributed by atoms with Crippen molar-refractivity contribution in [1.29, 1.82) is 0 Å². The van der Waals surface area contributed by atoms with Crippen LogP contribution in [0.1, 0.15) is 51.9 Å². The molecule has 0 heterocycles. The molecule has 1 saturated carbocycles. The van der Waals surface area contributed by atoms with Gasteiger partial charge in [0.1, 0.15) is 0 Å².